The van der Waals surface area contributed by atoms with E-state index in [1.54, 1.807) is 0 Å². The van der Waals surface area contributed by atoms with Crippen LogP contribution in [0.3, 0.4) is 0 Å². The van der Waals surface area contributed by atoms with Crippen molar-refractivity contribution in [1.29, 1.82) is 0 Å². The highest BCUT2D eigenvalue weighted by molar-refractivity contribution is 5.77. The van der Waals surface area contributed by atoms with Crippen molar-refractivity contribution < 1.29 is 23.4 Å². The minimum absolute atomic E-state index is 0.399. The Balaban J connectivity index is 2.38. The topological polar surface area (TPSA) is 58.6 Å². The number of aliphatic hydroxyl groups excluding tert-OH is 1. The van der Waals surface area contributed by atoms with E-state index in [4.69, 9.17) is 5.11 Å². The first-order valence-electron chi connectivity index (χ1n) is 4.47. The Morgan fingerprint density at radius 3 is 2.86 bits per heavy atom. The van der Waals surface area contributed by atoms with E-state index in [1.165, 1.54) is 0 Å². The summed E-state index contributed by atoms with van der Waals surface area (Å²) in [5.41, 5.74) is 0. The van der Waals surface area contributed by atoms with E-state index in [0.29, 0.717) is 12.8 Å². The molecule has 6 heteroatoms. The number of carbonyl (C=O) groups is 1. The van der Waals surface area contributed by atoms with Crippen molar-refractivity contribution >= 4 is 5.91 Å². The number of rotatable bonds is 4. The summed E-state index contributed by atoms with van der Waals surface area (Å²) in [6, 6.07) is -0.399. The number of amides is 1. The minimum atomic E-state index is -2.81. The Kier molecular flexibility index (Phi) is 4.21. The maximum Gasteiger partial charge on any atom is 0.345 e. The summed E-state index contributed by atoms with van der Waals surface area (Å²) in [4.78, 5) is 10.8. The predicted molar refractivity (Wildman–Crippen MR) is 43.7 cm³/mol. The van der Waals surface area contributed by atoms with Crippen LogP contribution < -0.4 is 5.32 Å². The molecule has 1 rings (SSSR count). The molecule has 2 atom stereocenters. The van der Waals surface area contributed by atoms with Crippen molar-refractivity contribution in [1.82, 2.24) is 5.32 Å². The van der Waals surface area contributed by atoms with Crippen molar-refractivity contribution in [2.75, 3.05) is 6.61 Å². The quantitative estimate of drug-likeness (QED) is 0.698. The number of aliphatic hydroxyl groups is 1. The summed E-state index contributed by atoms with van der Waals surface area (Å²) >= 11 is 0. The van der Waals surface area contributed by atoms with Gasteiger partial charge in [-0.15, -0.1) is 0 Å². The van der Waals surface area contributed by atoms with Gasteiger partial charge in [0.05, 0.1) is 12.1 Å². The zero-order chi connectivity index (χ0) is 10.6. The molecule has 1 saturated carbocycles. The molecule has 0 spiro atoms. The van der Waals surface area contributed by atoms with Crippen molar-refractivity contribution in [3.63, 3.8) is 0 Å². The molecule has 0 aromatic heterocycles. The molecule has 1 aliphatic rings. The van der Waals surface area contributed by atoms with E-state index >= 15 is 0 Å². The van der Waals surface area contributed by atoms with Crippen LogP contribution in [0.4, 0.5) is 8.78 Å². The average molecular weight is 209 g/mol. The second-order valence-corrected chi connectivity index (χ2v) is 3.20. The van der Waals surface area contributed by atoms with Crippen LogP contribution in [0.5, 0.6) is 0 Å². The summed E-state index contributed by atoms with van der Waals surface area (Å²) in [6.45, 7) is -3.44. The third kappa shape index (κ3) is 3.19. The Morgan fingerprint density at radius 1 is 1.57 bits per heavy atom. The SMILES string of the molecule is O=C(CO)N[C@@H]1CCC[C@H]1OC(F)F. The number of hydrogen-bond acceptors (Lipinski definition) is 3. The Bertz CT molecular complexity index is 201. The number of carbonyl (C=O) groups excluding carboxylic acids is 1. The predicted octanol–water partition coefficient (Wildman–Crippen LogP) is 0.255. The molecule has 0 unspecified atom stereocenters. The lowest BCUT2D eigenvalue weighted by atomic mass is 10.2. The molecular formula is C8H13F2NO3. The van der Waals surface area contributed by atoms with Gasteiger partial charge in [0.2, 0.25) is 5.91 Å². The average Bonchev–Trinajstić information content (AvgIpc) is 2.52. The molecule has 2 N–H and O–H groups in total. The van der Waals surface area contributed by atoms with Gasteiger partial charge in [0.1, 0.15) is 6.61 Å². The highest BCUT2D eigenvalue weighted by Crippen LogP contribution is 2.23. The Morgan fingerprint density at radius 2 is 2.29 bits per heavy atom. The molecule has 0 radical (unpaired) electrons. The van der Waals surface area contributed by atoms with Gasteiger partial charge in [-0.3, -0.25) is 4.79 Å². The van der Waals surface area contributed by atoms with E-state index in [1.807, 2.05) is 0 Å². The maximum atomic E-state index is 11.9. The fraction of sp³-hybridized carbons (Fsp3) is 0.875. The summed E-state index contributed by atoms with van der Waals surface area (Å²) in [5.74, 6) is -0.556. The Labute approximate surface area is 80.2 Å². The highest BCUT2D eigenvalue weighted by Gasteiger charge is 2.31. The lowest BCUT2D eigenvalue weighted by Gasteiger charge is -2.20. The fourth-order valence-electron chi connectivity index (χ4n) is 1.64. The van der Waals surface area contributed by atoms with Crippen LogP contribution in [-0.4, -0.2) is 36.4 Å². The number of hydrogen-bond donors (Lipinski definition) is 2. The fourth-order valence-corrected chi connectivity index (χ4v) is 1.64. The van der Waals surface area contributed by atoms with E-state index in [0.717, 1.165) is 6.42 Å². The van der Waals surface area contributed by atoms with Crippen molar-refractivity contribution in [3.05, 3.63) is 0 Å². The number of nitrogens with one attached hydrogen (secondary N) is 1. The molecule has 0 aromatic carbocycles. The van der Waals surface area contributed by atoms with Crippen LogP contribution >= 0.6 is 0 Å². The third-order valence-corrected chi connectivity index (χ3v) is 2.22. The molecule has 1 aliphatic carbocycles. The van der Waals surface area contributed by atoms with Gasteiger partial charge in [0.25, 0.3) is 0 Å². The van der Waals surface area contributed by atoms with Crippen LogP contribution in [0.15, 0.2) is 0 Å². The first kappa shape index (κ1) is 11.3. The van der Waals surface area contributed by atoms with Gasteiger partial charge < -0.3 is 15.2 Å². The molecule has 0 aliphatic heterocycles. The third-order valence-electron chi connectivity index (χ3n) is 2.22. The lowest BCUT2D eigenvalue weighted by molar-refractivity contribution is -0.167. The van der Waals surface area contributed by atoms with Gasteiger partial charge in [-0.1, -0.05) is 0 Å². The molecule has 14 heavy (non-hydrogen) atoms. The summed E-state index contributed by atoms with van der Waals surface area (Å²) in [7, 11) is 0. The van der Waals surface area contributed by atoms with Gasteiger partial charge in [0.15, 0.2) is 0 Å². The van der Waals surface area contributed by atoms with E-state index in [2.05, 4.69) is 10.1 Å². The molecule has 0 heterocycles. The monoisotopic (exact) mass is 209 g/mol. The smallest absolute Gasteiger partial charge is 0.345 e. The minimum Gasteiger partial charge on any atom is -0.387 e. The summed E-state index contributed by atoms with van der Waals surface area (Å²) < 4.78 is 28.1. The Hall–Kier alpha value is -0.750. The summed E-state index contributed by atoms with van der Waals surface area (Å²) in [6.07, 6.45) is 1.24. The highest BCUT2D eigenvalue weighted by atomic mass is 19.3. The molecule has 1 amide bonds. The first-order valence-corrected chi connectivity index (χ1v) is 4.47. The van der Waals surface area contributed by atoms with Crippen LogP contribution in [0.1, 0.15) is 19.3 Å². The zero-order valence-electron chi connectivity index (χ0n) is 7.58. The van der Waals surface area contributed by atoms with Crippen LogP contribution in [0, 0.1) is 0 Å². The molecule has 0 saturated heterocycles. The second-order valence-electron chi connectivity index (χ2n) is 3.20. The normalized spacial score (nSPS) is 26.9. The molecule has 0 bridgehead atoms. The van der Waals surface area contributed by atoms with Gasteiger partial charge in [0, 0.05) is 0 Å². The molecule has 82 valence electrons. The molecular weight excluding hydrogens is 196 g/mol. The standard InChI is InChI=1S/C8H13F2NO3/c9-8(10)14-6-3-1-2-5(6)11-7(13)4-12/h5-6,8,12H,1-4H2,(H,11,13)/t5-,6-/m1/s1. The zero-order valence-corrected chi connectivity index (χ0v) is 7.58. The number of alkyl halides is 2. The van der Waals surface area contributed by atoms with Gasteiger partial charge in [-0.2, -0.15) is 8.78 Å². The van der Waals surface area contributed by atoms with E-state index in [-0.39, 0.29) is 0 Å². The van der Waals surface area contributed by atoms with Gasteiger partial charge >= 0.3 is 6.61 Å². The molecule has 1 fully saturated rings. The summed E-state index contributed by atoms with van der Waals surface area (Å²) in [5, 5.41) is 10.9. The van der Waals surface area contributed by atoms with Crippen molar-refractivity contribution in [2.24, 2.45) is 0 Å². The second kappa shape index (κ2) is 5.21. The largest absolute Gasteiger partial charge is 0.387 e. The number of ether oxygens (including phenoxy) is 1. The maximum absolute atomic E-state index is 11.9. The van der Waals surface area contributed by atoms with Gasteiger partial charge in [-0.25, -0.2) is 0 Å². The lowest BCUT2D eigenvalue weighted by Crippen LogP contribution is -2.42. The van der Waals surface area contributed by atoms with Crippen LogP contribution in [-0.2, 0) is 9.53 Å². The first-order chi connectivity index (χ1) is 6.63. The van der Waals surface area contributed by atoms with Crippen LogP contribution in [0.2, 0.25) is 0 Å². The van der Waals surface area contributed by atoms with Crippen molar-refractivity contribution in [3.8, 4) is 0 Å². The number of halogens is 2. The van der Waals surface area contributed by atoms with Crippen LogP contribution in [0.25, 0.3) is 0 Å². The molecule has 0 aromatic rings. The van der Waals surface area contributed by atoms with E-state index < -0.39 is 31.3 Å². The van der Waals surface area contributed by atoms with Gasteiger partial charge in [-0.05, 0) is 19.3 Å². The van der Waals surface area contributed by atoms with Crippen molar-refractivity contribution in [2.45, 2.75) is 38.0 Å². The van der Waals surface area contributed by atoms with E-state index in [9.17, 15) is 13.6 Å². The molecule has 4 nitrogen and oxygen atoms in total.